The summed E-state index contributed by atoms with van der Waals surface area (Å²) in [4.78, 5) is 11.6. The molecule has 2 N–H and O–H groups in total. The van der Waals surface area contributed by atoms with Crippen molar-refractivity contribution < 1.29 is 4.79 Å². The molecule has 1 aliphatic carbocycles. The van der Waals surface area contributed by atoms with E-state index in [1.165, 1.54) is 25.7 Å². The molecular formula is C14H20N2O. The van der Waals surface area contributed by atoms with E-state index in [4.69, 9.17) is 0 Å². The molecule has 0 heterocycles. The number of hydrogen-bond donors (Lipinski definition) is 2. The first-order valence-corrected chi connectivity index (χ1v) is 6.43. The topological polar surface area (TPSA) is 41.1 Å². The van der Waals surface area contributed by atoms with Crippen LogP contribution in [0.4, 0.5) is 5.69 Å². The maximum Gasteiger partial charge on any atom is 0.225 e. The van der Waals surface area contributed by atoms with Crippen LogP contribution in [0.1, 0.15) is 32.1 Å². The molecule has 0 aromatic heterocycles. The van der Waals surface area contributed by atoms with Crippen LogP contribution in [0, 0.1) is 0 Å². The average molecular weight is 232 g/mol. The molecule has 0 aliphatic heterocycles. The van der Waals surface area contributed by atoms with E-state index in [0.717, 1.165) is 12.2 Å². The number of nitrogens with one attached hydrogen (secondary N) is 2. The standard InChI is InChI=1S/C14H20N2O/c17-14(16-13-8-2-1-3-9-13)10-11-15-12-6-4-5-7-12/h1-3,8-9,12,15H,4-7,10-11H2,(H,16,17). The monoisotopic (exact) mass is 232 g/mol. The number of hydrogen-bond acceptors (Lipinski definition) is 2. The van der Waals surface area contributed by atoms with Crippen molar-refractivity contribution in [2.24, 2.45) is 0 Å². The number of benzene rings is 1. The maximum absolute atomic E-state index is 11.6. The Hall–Kier alpha value is -1.35. The third-order valence-corrected chi connectivity index (χ3v) is 3.20. The van der Waals surface area contributed by atoms with Gasteiger partial charge in [-0.3, -0.25) is 4.79 Å². The smallest absolute Gasteiger partial charge is 0.225 e. The van der Waals surface area contributed by atoms with Crippen LogP contribution < -0.4 is 10.6 Å². The summed E-state index contributed by atoms with van der Waals surface area (Å²) in [5.74, 6) is 0.0849. The van der Waals surface area contributed by atoms with Crippen molar-refractivity contribution >= 4 is 11.6 Å². The van der Waals surface area contributed by atoms with E-state index in [1.807, 2.05) is 30.3 Å². The van der Waals surface area contributed by atoms with Crippen molar-refractivity contribution in [1.82, 2.24) is 5.32 Å². The molecule has 0 unspecified atom stereocenters. The lowest BCUT2D eigenvalue weighted by Gasteiger charge is -2.11. The predicted molar refractivity (Wildman–Crippen MR) is 69.9 cm³/mol. The number of para-hydroxylation sites is 1. The number of anilines is 1. The molecule has 0 atom stereocenters. The highest BCUT2D eigenvalue weighted by Gasteiger charge is 2.13. The van der Waals surface area contributed by atoms with E-state index in [-0.39, 0.29) is 5.91 Å². The van der Waals surface area contributed by atoms with Gasteiger partial charge in [-0.15, -0.1) is 0 Å². The Morgan fingerprint density at radius 2 is 1.88 bits per heavy atom. The van der Waals surface area contributed by atoms with Gasteiger partial charge in [0.25, 0.3) is 0 Å². The fourth-order valence-corrected chi connectivity index (χ4v) is 2.26. The van der Waals surface area contributed by atoms with Crippen LogP contribution in [0.15, 0.2) is 30.3 Å². The largest absolute Gasteiger partial charge is 0.326 e. The van der Waals surface area contributed by atoms with Crippen molar-refractivity contribution in [1.29, 1.82) is 0 Å². The summed E-state index contributed by atoms with van der Waals surface area (Å²) < 4.78 is 0. The third kappa shape index (κ3) is 4.19. The molecule has 1 aliphatic rings. The summed E-state index contributed by atoms with van der Waals surface area (Å²) in [5, 5.41) is 6.33. The molecule has 1 aromatic carbocycles. The van der Waals surface area contributed by atoms with Crippen LogP contribution in [0.2, 0.25) is 0 Å². The minimum atomic E-state index is 0.0849. The number of amides is 1. The van der Waals surface area contributed by atoms with Crippen molar-refractivity contribution in [3.63, 3.8) is 0 Å². The molecule has 17 heavy (non-hydrogen) atoms. The highest BCUT2D eigenvalue weighted by atomic mass is 16.1. The van der Waals surface area contributed by atoms with Gasteiger partial charge in [0.2, 0.25) is 5.91 Å². The zero-order chi connectivity index (χ0) is 11.9. The van der Waals surface area contributed by atoms with Crippen LogP contribution in [0.25, 0.3) is 0 Å². The van der Waals surface area contributed by atoms with Gasteiger partial charge in [-0.2, -0.15) is 0 Å². The summed E-state index contributed by atoms with van der Waals surface area (Å²) in [5.41, 5.74) is 0.873. The maximum atomic E-state index is 11.6. The molecule has 0 bridgehead atoms. The Morgan fingerprint density at radius 3 is 2.59 bits per heavy atom. The van der Waals surface area contributed by atoms with E-state index < -0.39 is 0 Å². The highest BCUT2D eigenvalue weighted by Crippen LogP contribution is 2.17. The lowest BCUT2D eigenvalue weighted by Crippen LogP contribution is -2.29. The van der Waals surface area contributed by atoms with Gasteiger partial charge in [0.05, 0.1) is 0 Å². The minimum Gasteiger partial charge on any atom is -0.326 e. The lowest BCUT2D eigenvalue weighted by atomic mass is 10.2. The van der Waals surface area contributed by atoms with Gasteiger partial charge in [-0.1, -0.05) is 31.0 Å². The molecule has 3 nitrogen and oxygen atoms in total. The fraction of sp³-hybridized carbons (Fsp3) is 0.500. The zero-order valence-electron chi connectivity index (χ0n) is 10.1. The average Bonchev–Trinajstić information content (AvgIpc) is 2.83. The first-order chi connectivity index (χ1) is 8.34. The van der Waals surface area contributed by atoms with Gasteiger partial charge in [0.15, 0.2) is 0 Å². The van der Waals surface area contributed by atoms with Crippen molar-refractivity contribution in [2.75, 3.05) is 11.9 Å². The molecular weight excluding hydrogens is 212 g/mol. The van der Waals surface area contributed by atoms with E-state index in [0.29, 0.717) is 12.5 Å². The Balaban J connectivity index is 1.64. The van der Waals surface area contributed by atoms with E-state index in [2.05, 4.69) is 10.6 Å². The summed E-state index contributed by atoms with van der Waals surface area (Å²) in [6, 6.07) is 10.2. The van der Waals surface area contributed by atoms with Crippen LogP contribution >= 0.6 is 0 Å². The lowest BCUT2D eigenvalue weighted by molar-refractivity contribution is -0.116. The number of carbonyl (C=O) groups excluding carboxylic acids is 1. The van der Waals surface area contributed by atoms with E-state index in [9.17, 15) is 4.79 Å². The van der Waals surface area contributed by atoms with Crippen LogP contribution in [-0.2, 0) is 4.79 Å². The zero-order valence-corrected chi connectivity index (χ0v) is 10.1. The second-order valence-electron chi connectivity index (χ2n) is 4.60. The van der Waals surface area contributed by atoms with Crippen molar-refractivity contribution in [3.05, 3.63) is 30.3 Å². The molecule has 1 saturated carbocycles. The molecule has 1 fully saturated rings. The predicted octanol–water partition coefficient (Wildman–Crippen LogP) is 2.55. The van der Waals surface area contributed by atoms with Gasteiger partial charge in [0.1, 0.15) is 0 Å². The fourth-order valence-electron chi connectivity index (χ4n) is 2.26. The summed E-state index contributed by atoms with van der Waals surface area (Å²) >= 11 is 0. The van der Waals surface area contributed by atoms with Crippen LogP contribution in [0.3, 0.4) is 0 Å². The molecule has 1 amide bonds. The highest BCUT2D eigenvalue weighted by molar-refractivity contribution is 5.90. The second kappa shape index (κ2) is 6.40. The van der Waals surface area contributed by atoms with Crippen LogP contribution in [0.5, 0.6) is 0 Å². The SMILES string of the molecule is O=C(CCNC1CCCC1)Nc1ccccc1. The van der Waals surface area contributed by atoms with Crippen LogP contribution in [-0.4, -0.2) is 18.5 Å². The Kier molecular flexibility index (Phi) is 4.56. The quantitative estimate of drug-likeness (QED) is 0.819. The summed E-state index contributed by atoms with van der Waals surface area (Å²) in [7, 11) is 0. The van der Waals surface area contributed by atoms with Gasteiger partial charge >= 0.3 is 0 Å². The van der Waals surface area contributed by atoms with Gasteiger partial charge in [0, 0.05) is 24.7 Å². The third-order valence-electron chi connectivity index (χ3n) is 3.20. The number of carbonyl (C=O) groups is 1. The molecule has 92 valence electrons. The van der Waals surface area contributed by atoms with Gasteiger partial charge < -0.3 is 10.6 Å². The van der Waals surface area contributed by atoms with E-state index in [1.54, 1.807) is 0 Å². The minimum absolute atomic E-state index is 0.0849. The Labute approximate surface area is 103 Å². The first-order valence-electron chi connectivity index (χ1n) is 6.43. The van der Waals surface area contributed by atoms with Gasteiger partial charge in [-0.25, -0.2) is 0 Å². The molecule has 0 saturated heterocycles. The van der Waals surface area contributed by atoms with Crippen molar-refractivity contribution in [3.8, 4) is 0 Å². The molecule has 3 heteroatoms. The van der Waals surface area contributed by atoms with Crippen molar-refractivity contribution in [2.45, 2.75) is 38.1 Å². The summed E-state index contributed by atoms with van der Waals surface area (Å²) in [6.07, 6.45) is 5.73. The molecule has 0 radical (unpaired) electrons. The molecule has 1 aromatic rings. The molecule has 2 rings (SSSR count). The first kappa shape index (κ1) is 12.1. The van der Waals surface area contributed by atoms with Gasteiger partial charge in [-0.05, 0) is 25.0 Å². The van der Waals surface area contributed by atoms with E-state index >= 15 is 0 Å². The summed E-state index contributed by atoms with van der Waals surface area (Å²) in [6.45, 7) is 0.781. The normalized spacial score (nSPS) is 16.0. The second-order valence-corrected chi connectivity index (χ2v) is 4.60. The Bertz CT molecular complexity index is 344. The number of rotatable bonds is 5. The Morgan fingerprint density at radius 1 is 1.18 bits per heavy atom. The molecule has 0 spiro atoms.